The SMILES string of the molecule is CC(C)C[C@H](NC(=O)C(CC(=O)c1cccc(-c2ccccc2)n1)[C@@H](C)OC(=O)CCC(=O)O)B(O)O. The first kappa shape index (κ1) is 29.7. The zero-order valence-electron chi connectivity index (χ0n) is 21.2. The molecule has 0 aliphatic rings. The third-order valence-electron chi connectivity index (χ3n) is 5.69. The van der Waals surface area contributed by atoms with Crippen molar-refractivity contribution in [2.75, 3.05) is 0 Å². The average Bonchev–Trinajstić information content (AvgIpc) is 2.85. The predicted octanol–water partition coefficient (Wildman–Crippen LogP) is 2.28. The molecule has 4 N–H and O–H groups in total. The zero-order chi connectivity index (χ0) is 27.5. The van der Waals surface area contributed by atoms with Gasteiger partial charge < -0.3 is 25.2 Å². The molecule has 1 aromatic heterocycles. The molecule has 1 amide bonds. The van der Waals surface area contributed by atoms with E-state index in [9.17, 15) is 29.2 Å². The number of hydrogen-bond donors (Lipinski definition) is 4. The normalized spacial score (nSPS) is 13.4. The first-order valence-corrected chi connectivity index (χ1v) is 12.1. The predicted molar refractivity (Wildman–Crippen MR) is 136 cm³/mol. The lowest BCUT2D eigenvalue weighted by atomic mass is 9.74. The van der Waals surface area contributed by atoms with Crippen LogP contribution in [-0.4, -0.2) is 62.9 Å². The van der Waals surface area contributed by atoms with Crippen molar-refractivity contribution in [1.82, 2.24) is 10.3 Å². The highest BCUT2D eigenvalue weighted by Gasteiger charge is 2.35. The van der Waals surface area contributed by atoms with Gasteiger partial charge in [0.05, 0.1) is 30.4 Å². The number of rotatable bonds is 14. The van der Waals surface area contributed by atoms with Crippen LogP contribution in [0.3, 0.4) is 0 Å². The molecule has 0 saturated carbocycles. The van der Waals surface area contributed by atoms with Crippen LogP contribution in [-0.2, 0) is 19.1 Å². The summed E-state index contributed by atoms with van der Waals surface area (Å²) in [5.41, 5.74) is 1.49. The number of carboxylic acids is 1. The number of esters is 1. The number of nitrogens with zero attached hydrogens (tertiary/aromatic N) is 1. The van der Waals surface area contributed by atoms with Crippen LogP contribution in [0.15, 0.2) is 48.5 Å². The molecule has 0 saturated heterocycles. The van der Waals surface area contributed by atoms with Gasteiger partial charge in [-0.25, -0.2) is 4.98 Å². The Bertz CT molecular complexity index is 1080. The molecule has 1 aromatic carbocycles. The van der Waals surface area contributed by atoms with Crippen molar-refractivity contribution >= 4 is 30.7 Å². The van der Waals surface area contributed by atoms with Crippen molar-refractivity contribution in [1.29, 1.82) is 0 Å². The van der Waals surface area contributed by atoms with Crippen molar-refractivity contribution in [3.63, 3.8) is 0 Å². The number of carboxylic acid groups (broad SMARTS) is 1. The van der Waals surface area contributed by atoms with Crippen molar-refractivity contribution in [2.45, 2.75) is 58.5 Å². The lowest BCUT2D eigenvalue weighted by molar-refractivity contribution is -0.155. The number of Topliss-reactive ketones (excluding diaryl/α,β-unsaturated/α-hetero) is 1. The number of aliphatic carboxylic acids is 1. The molecule has 1 heterocycles. The highest BCUT2D eigenvalue weighted by atomic mass is 16.5. The first-order chi connectivity index (χ1) is 17.5. The van der Waals surface area contributed by atoms with Crippen molar-refractivity contribution in [3.05, 3.63) is 54.2 Å². The van der Waals surface area contributed by atoms with E-state index in [1.807, 2.05) is 44.2 Å². The van der Waals surface area contributed by atoms with E-state index in [0.717, 1.165) is 5.56 Å². The summed E-state index contributed by atoms with van der Waals surface area (Å²) >= 11 is 0. The Balaban J connectivity index is 2.26. The average molecular weight is 512 g/mol. The molecule has 0 fully saturated rings. The number of benzene rings is 1. The zero-order valence-corrected chi connectivity index (χ0v) is 21.2. The maximum Gasteiger partial charge on any atom is 0.475 e. The van der Waals surface area contributed by atoms with Crippen LogP contribution in [0.2, 0.25) is 0 Å². The monoisotopic (exact) mass is 512 g/mol. The van der Waals surface area contributed by atoms with Crippen LogP contribution < -0.4 is 5.32 Å². The third kappa shape index (κ3) is 9.78. The summed E-state index contributed by atoms with van der Waals surface area (Å²) in [5, 5.41) is 30.8. The molecule has 1 unspecified atom stereocenters. The van der Waals surface area contributed by atoms with E-state index in [1.54, 1.807) is 12.1 Å². The third-order valence-corrected chi connectivity index (χ3v) is 5.69. The number of amides is 1. The highest BCUT2D eigenvalue weighted by molar-refractivity contribution is 6.43. The number of pyridine rings is 1. The highest BCUT2D eigenvalue weighted by Crippen LogP contribution is 2.21. The molecule has 11 heteroatoms. The minimum atomic E-state index is -1.83. The number of aromatic nitrogens is 1. The number of ether oxygens (including phenoxy) is 1. The van der Waals surface area contributed by atoms with Crippen molar-refractivity contribution in [3.8, 4) is 11.3 Å². The smallest absolute Gasteiger partial charge is 0.475 e. The Morgan fingerprint density at radius 2 is 1.65 bits per heavy atom. The molecule has 2 rings (SSSR count). The Morgan fingerprint density at radius 3 is 2.24 bits per heavy atom. The lowest BCUT2D eigenvalue weighted by Crippen LogP contribution is -2.51. The quantitative estimate of drug-likeness (QED) is 0.169. The van der Waals surface area contributed by atoms with Crippen molar-refractivity contribution in [2.24, 2.45) is 11.8 Å². The molecule has 0 bridgehead atoms. The van der Waals surface area contributed by atoms with Crippen LogP contribution in [0.4, 0.5) is 0 Å². The molecule has 0 aliphatic heterocycles. The number of ketones is 1. The molecule has 0 spiro atoms. The van der Waals surface area contributed by atoms with Gasteiger partial charge in [-0.1, -0.05) is 50.2 Å². The fourth-order valence-corrected chi connectivity index (χ4v) is 3.75. The summed E-state index contributed by atoms with van der Waals surface area (Å²) in [5.74, 6) is -5.34. The minimum absolute atomic E-state index is 0.0309. The summed E-state index contributed by atoms with van der Waals surface area (Å²) in [6.45, 7) is 5.12. The summed E-state index contributed by atoms with van der Waals surface area (Å²) in [7, 11) is -1.83. The molecule has 3 atom stereocenters. The fourth-order valence-electron chi connectivity index (χ4n) is 3.75. The van der Waals surface area contributed by atoms with Crippen molar-refractivity contribution < 1.29 is 39.1 Å². The van der Waals surface area contributed by atoms with Crippen LogP contribution in [0, 0.1) is 11.8 Å². The maximum absolute atomic E-state index is 13.2. The number of nitrogens with one attached hydrogen (secondary N) is 1. The maximum atomic E-state index is 13.2. The van der Waals surface area contributed by atoms with E-state index < -0.39 is 61.6 Å². The Morgan fingerprint density at radius 1 is 0.973 bits per heavy atom. The number of carbonyl (C=O) groups is 4. The number of carbonyl (C=O) groups excluding carboxylic acids is 3. The topological polar surface area (TPSA) is 163 Å². The summed E-state index contributed by atoms with van der Waals surface area (Å²) in [6, 6.07) is 14.2. The van der Waals surface area contributed by atoms with E-state index in [4.69, 9.17) is 9.84 Å². The first-order valence-electron chi connectivity index (χ1n) is 12.1. The van der Waals surface area contributed by atoms with Gasteiger partial charge in [-0.15, -0.1) is 0 Å². The number of hydrogen-bond acceptors (Lipinski definition) is 8. The molecule has 37 heavy (non-hydrogen) atoms. The largest absolute Gasteiger partial charge is 0.481 e. The molecular weight excluding hydrogens is 479 g/mol. The van der Waals surface area contributed by atoms with E-state index >= 15 is 0 Å². The molecular formula is C26H33BN2O8. The van der Waals surface area contributed by atoms with E-state index in [2.05, 4.69) is 10.3 Å². The van der Waals surface area contributed by atoms with Gasteiger partial charge >= 0.3 is 19.1 Å². The molecule has 10 nitrogen and oxygen atoms in total. The van der Waals surface area contributed by atoms with Gasteiger partial charge in [0, 0.05) is 12.0 Å². The lowest BCUT2D eigenvalue weighted by Gasteiger charge is -2.26. The van der Waals surface area contributed by atoms with Gasteiger partial charge in [0.1, 0.15) is 11.8 Å². The van der Waals surface area contributed by atoms with Gasteiger partial charge in [-0.05, 0) is 31.4 Å². The second-order valence-electron chi connectivity index (χ2n) is 9.25. The van der Waals surface area contributed by atoms with E-state index in [1.165, 1.54) is 13.0 Å². The minimum Gasteiger partial charge on any atom is -0.481 e. The summed E-state index contributed by atoms with van der Waals surface area (Å²) in [6.07, 6.45) is -2.05. The van der Waals surface area contributed by atoms with Crippen LogP contribution in [0.25, 0.3) is 11.3 Å². The molecule has 0 radical (unpaired) electrons. The standard InChI is InChI=1S/C26H33BN2O8/c1-16(2)14-23(27(35)36)29-26(34)19(17(3)37-25(33)13-12-24(31)32)15-22(30)21-11-7-10-20(28-21)18-8-5-4-6-9-18/h4-11,16-17,19,23,35-36H,12-15H2,1-3H3,(H,29,34)(H,31,32)/t17-,19?,23+/m1/s1. The molecule has 0 aliphatic carbocycles. The summed E-state index contributed by atoms with van der Waals surface area (Å²) < 4.78 is 5.28. The van der Waals surface area contributed by atoms with Gasteiger partial charge in [0.2, 0.25) is 5.91 Å². The van der Waals surface area contributed by atoms with Gasteiger partial charge in [0.25, 0.3) is 0 Å². The van der Waals surface area contributed by atoms with Crippen LogP contribution >= 0.6 is 0 Å². The Labute approximate surface area is 216 Å². The van der Waals surface area contributed by atoms with Crippen LogP contribution in [0.5, 0.6) is 0 Å². The Kier molecular flexibility index (Phi) is 11.4. The van der Waals surface area contributed by atoms with Gasteiger partial charge in [-0.3, -0.25) is 19.2 Å². The second kappa shape index (κ2) is 14.2. The molecule has 198 valence electrons. The van der Waals surface area contributed by atoms with E-state index in [-0.39, 0.29) is 24.5 Å². The fraction of sp³-hybridized carbons (Fsp3) is 0.423. The second-order valence-corrected chi connectivity index (χ2v) is 9.25. The van der Waals surface area contributed by atoms with Gasteiger partial charge in [0.15, 0.2) is 5.78 Å². The Hall–Kier alpha value is -3.57. The van der Waals surface area contributed by atoms with E-state index in [0.29, 0.717) is 5.69 Å². The summed E-state index contributed by atoms with van der Waals surface area (Å²) in [4.78, 5) is 53.7. The van der Waals surface area contributed by atoms with Crippen LogP contribution in [0.1, 0.15) is 56.9 Å². The van der Waals surface area contributed by atoms with Gasteiger partial charge in [-0.2, -0.15) is 0 Å². The molecule has 2 aromatic rings.